The molecule has 6 nitrogen and oxygen atoms in total. The zero-order valence-corrected chi connectivity index (χ0v) is 19.2. The Morgan fingerprint density at radius 3 is 2.71 bits per heavy atom. The van der Waals surface area contributed by atoms with Gasteiger partial charge in [0.1, 0.15) is 22.2 Å². The molecule has 0 spiro atoms. The van der Waals surface area contributed by atoms with Crippen molar-refractivity contribution in [2.45, 2.75) is 39.3 Å². The lowest BCUT2D eigenvalue weighted by Crippen LogP contribution is -2.36. The van der Waals surface area contributed by atoms with Crippen molar-refractivity contribution in [3.05, 3.63) is 46.1 Å². The van der Waals surface area contributed by atoms with Gasteiger partial charge >= 0.3 is 0 Å². The monoisotopic (exact) mass is 438 g/mol. The largest absolute Gasteiger partial charge is 0.494 e. The van der Waals surface area contributed by atoms with E-state index in [0.29, 0.717) is 6.61 Å². The van der Waals surface area contributed by atoms with Crippen molar-refractivity contribution < 1.29 is 9.47 Å². The maximum Gasteiger partial charge on any atom is 0.146 e. The van der Waals surface area contributed by atoms with E-state index in [1.807, 2.05) is 30.4 Å². The summed E-state index contributed by atoms with van der Waals surface area (Å²) in [5, 5.41) is 1.27. The van der Waals surface area contributed by atoms with Gasteiger partial charge in [0.15, 0.2) is 0 Å². The lowest BCUT2D eigenvalue weighted by molar-refractivity contribution is 0.0331. The molecular weight excluding hydrogens is 408 g/mol. The first-order valence-corrected chi connectivity index (χ1v) is 12.1. The maximum absolute atomic E-state index is 5.59. The molecule has 3 aromatic rings. The molecule has 0 amide bonds. The lowest BCUT2D eigenvalue weighted by Gasteiger charge is -2.26. The lowest BCUT2D eigenvalue weighted by atomic mass is 10.1. The fraction of sp³-hybridized carbons (Fsp3) is 0.500. The Morgan fingerprint density at radius 1 is 1.13 bits per heavy atom. The van der Waals surface area contributed by atoms with Gasteiger partial charge in [-0.25, -0.2) is 9.97 Å². The fourth-order valence-corrected chi connectivity index (χ4v) is 5.81. The first-order valence-electron chi connectivity index (χ1n) is 11.3. The van der Waals surface area contributed by atoms with Crippen LogP contribution in [0.4, 0.5) is 5.82 Å². The minimum absolute atomic E-state index is 0.688. The zero-order chi connectivity index (χ0) is 21.2. The third-order valence-corrected chi connectivity index (χ3v) is 7.26. The van der Waals surface area contributed by atoms with Gasteiger partial charge < -0.3 is 14.4 Å². The van der Waals surface area contributed by atoms with Gasteiger partial charge in [-0.15, -0.1) is 11.3 Å². The van der Waals surface area contributed by atoms with Crippen molar-refractivity contribution in [1.29, 1.82) is 0 Å². The highest BCUT2D eigenvalue weighted by Gasteiger charge is 2.24. The molecule has 1 saturated heterocycles. The number of rotatable bonds is 7. The van der Waals surface area contributed by atoms with Gasteiger partial charge in [0, 0.05) is 31.6 Å². The predicted octanol–water partition coefficient (Wildman–Crippen LogP) is 4.05. The number of morpholine rings is 1. The van der Waals surface area contributed by atoms with Gasteiger partial charge in [-0.2, -0.15) is 0 Å². The van der Waals surface area contributed by atoms with Gasteiger partial charge in [-0.05, 0) is 49.4 Å². The van der Waals surface area contributed by atoms with E-state index in [-0.39, 0.29) is 0 Å². The molecule has 1 aromatic carbocycles. The highest BCUT2D eigenvalue weighted by atomic mass is 32.1. The molecule has 0 N–H and O–H groups in total. The van der Waals surface area contributed by atoms with Gasteiger partial charge in [0.2, 0.25) is 0 Å². The molecule has 1 aliphatic heterocycles. The molecule has 3 heterocycles. The van der Waals surface area contributed by atoms with Crippen LogP contribution in [0.3, 0.4) is 0 Å². The third kappa shape index (κ3) is 4.40. The van der Waals surface area contributed by atoms with Crippen molar-refractivity contribution in [2.24, 2.45) is 0 Å². The van der Waals surface area contributed by atoms with Crippen LogP contribution in [-0.2, 0) is 30.7 Å². The van der Waals surface area contributed by atoms with Crippen molar-refractivity contribution >= 4 is 27.4 Å². The predicted molar refractivity (Wildman–Crippen MR) is 125 cm³/mol. The Morgan fingerprint density at radius 2 is 1.94 bits per heavy atom. The summed E-state index contributed by atoms with van der Waals surface area (Å²) in [4.78, 5) is 17.4. The molecule has 0 saturated carbocycles. The van der Waals surface area contributed by atoms with Crippen LogP contribution in [0.5, 0.6) is 5.75 Å². The standard InChI is InChI=1S/C24H30N4O2S/c1-3-30-18-9-7-17(8-10-18)15-27(2)23-22-19-5-4-6-20(19)31-24(22)26-21(25-23)16-28-11-13-29-14-12-28/h7-10H,3-6,11-16H2,1-2H3. The molecule has 7 heteroatoms. The number of hydrogen-bond donors (Lipinski definition) is 0. The molecule has 31 heavy (non-hydrogen) atoms. The van der Waals surface area contributed by atoms with E-state index in [2.05, 4.69) is 29.0 Å². The smallest absolute Gasteiger partial charge is 0.146 e. The Hall–Kier alpha value is -2.22. The molecule has 0 atom stereocenters. The van der Waals surface area contributed by atoms with Crippen LogP contribution < -0.4 is 9.64 Å². The van der Waals surface area contributed by atoms with Crippen LogP contribution in [0.25, 0.3) is 10.2 Å². The first-order chi connectivity index (χ1) is 15.2. The number of aryl methyl sites for hydroxylation is 2. The molecule has 5 rings (SSSR count). The molecule has 2 aromatic heterocycles. The molecule has 1 aliphatic carbocycles. The Kier molecular flexibility index (Phi) is 6.07. The molecule has 0 radical (unpaired) electrons. The van der Waals surface area contributed by atoms with Gasteiger partial charge in [-0.3, -0.25) is 4.90 Å². The fourth-order valence-electron chi connectivity index (χ4n) is 4.53. The van der Waals surface area contributed by atoms with E-state index in [1.54, 1.807) is 0 Å². The first kappa shape index (κ1) is 20.7. The summed E-state index contributed by atoms with van der Waals surface area (Å²) >= 11 is 1.87. The van der Waals surface area contributed by atoms with Crippen LogP contribution in [0.1, 0.15) is 35.2 Å². The minimum Gasteiger partial charge on any atom is -0.494 e. The summed E-state index contributed by atoms with van der Waals surface area (Å²) in [6, 6.07) is 8.39. The summed E-state index contributed by atoms with van der Waals surface area (Å²) in [5.74, 6) is 2.91. The van der Waals surface area contributed by atoms with Crippen molar-refractivity contribution in [3.8, 4) is 5.75 Å². The van der Waals surface area contributed by atoms with E-state index >= 15 is 0 Å². The molecule has 1 fully saturated rings. The highest BCUT2D eigenvalue weighted by molar-refractivity contribution is 7.19. The quantitative estimate of drug-likeness (QED) is 0.555. The number of hydrogen-bond acceptors (Lipinski definition) is 7. The number of thiophene rings is 1. The minimum atomic E-state index is 0.688. The van der Waals surface area contributed by atoms with Crippen molar-refractivity contribution in [3.63, 3.8) is 0 Å². The normalized spacial score (nSPS) is 16.6. The number of anilines is 1. The number of benzene rings is 1. The van der Waals surface area contributed by atoms with Crippen LogP contribution in [0.2, 0.25) is 0 Å². The highest BCUT2D eigenvalue weighted by Crippen LogP contribution is 2.40. The van der Waals surface area contributed by atoms with Crippen LogP contribution in [-0.4, -0.2) is 54.8 Å². The van der Waals surface area contributed by atoms with Crippen LogP contribution in [0, 0.1) is 0 Å². The van der Waals surface area contributed by atoms with Gasteiger partial charge in [-0.1, -0.05) is 12.1 Å². The Labute approximate surface area is 187 Å². The van der Waals surface area contributed by atoms with E-state index in [9.17, 15) is 0 Å². The molecule has 2 aliphatic rings. The molecule has 0 bridgehead atoms. The average molecular weight is 439 g/mol. The third-order valence-electron chi connectivity index (χ3n) is 6.08. The molecule has 164 valence electrons. The second-order valence-electron chi connectivity index (χ2n) is 8.32. The van der Waals surface area contributed by atoms with Gasteiger partial charge in [0.25, 0.3) is 0 Å². The second kappa shape index (κ2) is 9.10. The van der Waals surface area contributed by atoms with E-state index in [0.717, 1.165) is 68.0 Å². The number of ether oxygens (including phenoxy) is 2. The van der Waals surface area contributed by atoms with E-state index < -0.39 is 0 Å². The Bertz CT molecular complexity index is 1040. The summed E-state index contributed by atoms with van der Waals surface area (Å²) in [6.45, 7) is 7.76. The van der Waals surface area contributed by atoms with Crippen molar-refractivity contribution in [1.82, 2.24) is 14.9 Å². The summed E-state index contributed by atoms with van der Waals surface area (Å²) < 4.78 is 11.1. The summed E-state index contributed by atoms with van der Waals surface area (Å²) in [5.41, 5.74) is 2.73. The number of aromatic nitrogens is 2. The second-order valence-corrected chi connectivity index (χ2v) is 9.41. The van der Waals surface area contributed by atoms with E-state index in [1.165, 1.54) is 34.2 Å². The summed E-state index contributed by atoms with van der Waals surface area (Å²) in [7, 11) is 2.15. The Balaban J connectivity index is 1.45. The van der Waals surface area contributed by atoms with E-state index in [4.69, 9.17) is 19.4 Å². The summed E-state index contributed by atoms with van der Waals surface area (Å²) in [6.07, 6.45) is 3.57. The SMILES string of the molecule is CCOc1ccc(CN(C)c2nc(CN3CCOCC3)nc3sc4c(c23)CCC4)cc1. The van der Waals surface area contributed by atoms with Gasteiger partial charge in [0.05, 0.1) is 31.8 Å². The van der Waals surface area contributed by atoms with Crippen molar-refractivity contribution in [2.75, 3.05) is 44.9 Å². The van der Waals surface area contributed by atoms with Crippen LogP contribution in [0.15, 0.2) is 24.3 Å². The molecular formula is C24H30N4O2S. The average Bonchev–Trinajstić information content (AvgIpc) is 3.36. The number of fused-ring (bicyclic) bond motifs is 3. The molecule has 0 unspecified atom stereocenters. The topological polar surface area (TPSA) is 50.7 Å². The maximum atomic E-state index is 5.59. The number of nitrogens with zero attached hydrogens (tertiary/aromatic N) is 4. The van der Waals surface area contributed by atoms with Crippen LogP contribution >= 0.6 is 11.3 Å². The zero-order valence-electron chi connectivity index (χ0n) is 18.4.